The molecule has 2 aliphatic heterocycles. The Morgan fingerprint density at radius 2 is 1.81 bits per heavy atom. The monoisotopic (exact) mass is 373 g/mol. The highest BCUT2D eigenvalue weighted by Gasteiger charge is 2.31. The largest absolute Gasteiger partial charge is 0.452 e. The van der Waals surface area contributed by atoms with Crippen LogP contribution in [-0.2, 0) is 19.1 Å². The maximum absolute atomic E-state index is 12.3. The maximum Gasteiger partial charge on any atom is 0.338 e. The van der Waals surface area contributed by atoms with Crippen LogP contribution < -0.4 is 10.6 Å². The molecule has 0 saturated carbocycles. The van der Waals surface area contributed by atoms with Crippen molar-refractivity contribution < 1.29 is 23.9 Å². The molecule has 0 radical (unpaired) electrons. The summed E-state index contributed by atoms with van der Waals surface area (Å²) in [5, 5.41) is 0. The lowest BCUT2D eigenvalue weighted by atomic mass is 10.0. The highest BCUT2D eigenvalue weighted by atomic mass is 16.5. The van der Waals surface area contributed by atoms with Crippen molar-refractivity contribution in [2.45, 2.75) is 38.1 Å². The number of amides is 3. The fourth-order valence-corrected chi connectivity index (χ4v) is 3.52. The van der Waals surface area contributed by atoms with Crippen LogP contribution in [0.5, 0.6) is 0 Å². The summed E-state index contributed by atoms with van der Waals surface area (Å²) in [5.74, 6) is -1.52. The molecule has 0 spiro atoms. The van der Waals surface area contributed by atoms with E-state index in [4.69, 9.17) is 10.5 Å². The number of carbonyl (C=O) groups is 4. The molecule has 2 N–H and O–H groups in total. The second-order valence-electron chi connectivity index (χ2n) is 6.77. The van der Waals surface area contributed by atoms with Gasteiger partial charge in [-0.1, -0.05) is 0 Å². The van der Waals surface area contributed by atoms with Crippen LogP contribution in [0.4, 0.5) is 5.69 Å². The minimum absolute atomic E-state index is 0.0708. The number of ether oxygens (including phenoxy) is 1. The number of hydrogen-bond donors (Lipinski definition) is 1. The minimum Gasteiger partial charge on any atom is -0.452 e. The van der Waals surface area contributed by atoms with Crippen LogP contribution in [0, 0.1) is 0 Å². The quantitative estimate of drug-likeness (QED) is 0.769. The molecule has 27 heavy (non-hydrogen) atoms. The lowest BCUT2D eigenvalue weighted by Crippen LogP contribution is -2.51. The van der Waals surface area contributed by atoms with E-state index < -0.39 is 30.4 Å². The molecular formula is C19H23N3O5. The number of likely N-dealkylation sites (tertiary alicyclic amines) is 1. The van der Waals surface area contributed by atoms with E-state index in [9.17, 15) is 19.2 Å². The van der Waals surface area contributed by atoms with E-state index in [-0.39, 0.29) is 5.91 Å². The lowest BCUT2D eigenvalue weighted by molar-refractivity contribution is -0.143. The Hall–Kier alpha value is -2.90. The first-order valence-electron chi connectivity index (χ1n) is 9.13. The van der Waals surface area contributed by atoms with Gasteiger partial charge in [-0.25, -0.2) is 4.79 Å². The number of hydrogen-bond acceptors (Lipinski definition) is 5. The van der Waals surface area contributed by atoms with Gasteiger partial charge in [0.2, 0.25) is 11.8 Å². The number of benzene rings is 1. The molecule has 3 rings (SSSR count). The number of nitrogens with zero attached hydrogens (tertiary/aromatic N) is 2. The molecule has 2 aliphatic rings. The van der Waals surface area contributed by atoms with E-state index in [0.717, 1.165) is 24.9 Å². The molecule has 2 heterocycles. The second-order valence-corrected chi connectivity index (χ2v) is 6.77. The lowest BCUT2D eigenvalue weighted by Gasteiger charge is -2.33. The minimum atomic E-state index is -0.637. The first-order valence-corrected chi connectivity index (χ1v) is 9.13. The van der Waals surface area contributed by atoms with Crippen molar-refractivity contribution in [1.29, 1.82) is 0 Å². The Balaban J connectivity index is 1.56. The molecule has 0 bridgehead atoms. The van der Waals surface area contributed by atoms with Crippen LogP contribution in [0.1, 0.15) is 42.5 Å². The van der Waals surface area contributed by atoms with Crippen LogP contribution in [0.25, 0.3) is 0 Å². The molecule has 1 atom stereocenters. The molecule has 8 heteroatoms. The third kappa shape index (κ3) is 4.27. The van der Waals surface area contributed by atoms with Crippen molar-refractivity contribution in [3.05, 3.63) is 29.8 Å². The maximum atomic E-state index is 12.3. The average Bonchev–Trinajstić information content (AvgIpc) is 3.11. The summed E-state index contributed by atoms with van der Waals surface area (Å²) in [6.45, 7) is 0.672. The first kappa shape index (κ1) is 18.9. The molecule has 3 amide bonds. The van der Waals surface area contributed by atoms with Gasteiger partial charge in [-0.2, -0.15) is 0 Å². The van der Waals surface area contributed by atoms with Gasteiger partial charge in [-0.15, -0.1) is 0 Å². The number of carbonyl (C=O) groups excluding carboxylic acids is 4. The highest BCUT2D eigenvalue weighted by molar-refractivity contribution is 5.96. The normalized spacial score (nSPS) is 19.9. The van der Waals surface area contributed by atoms with E-state index in [0.29, 0.717) is 31.5 Å². The predicted octanol–water partition coefficient (Wildman–Crippen LogP) is 0.837. The summed E-state index contributed by atoms with van der Waals surface area (Å²) in [5.41, 5.74) is 6.38. The van der Waals surface area contributed by atoms with E-state index in [1.165, 1.54) is 4.90 Å². The first-order chi connectivity index (χ1) is 13.0. The van der Waals surface area contributed by atoms with Crippen LogP contribution in [0.3, 0.4) is 0 Å². The number of nitrogens with two attached hydrogens (primary N) is 1. The number of rotatable bonds is 5. The van der Waals surface area contributed by atoms with Gasteiger partial charge in [-0.05, 0) is 49.9 Å². The Bertz CT molecular complexity index is 746. The highest BCUT2D eigenvalue weighted by Crippen LogP contribution is 2.22. The number of piperidine rings is 1. The average molecular weight is 373 g/mol. The van der Waals surface area contributed by atoms with Crippen molar-refractivity contribution >= 4 is 29.4 Å². The SMILES string of the molecule is NC(=O)[C@H]1CCCCN1C(=O)COC(=O)c1ccc(N2CCCC2=O)cc1. The van der Waals surface area contributed by atoms with E-state index in [1.807, 2.05) is 0 Å². The van der Waals surface area contributed by atoms with Crippen LogP contribution in [0.2, 0.25) is 0 Å². The van der Waals surface area contributed by atoms with Crippen molar-refractivity contribution in [3.8, 4) is 0 Å². The van der Waals surface area contributed by atoms with Crippen LogP contribution >= 0.6 is 0 Å². The van der Waals surface area contributed by atoms with E-state index in [1.54, 1.807) is 29.2 Å². The Labute approximate surface area is 157 Å². The molecule has 2 saturated heterocycles. The van der Waals surface area contributed by atoms with Gasteiger partial charge in [-0.3, -0.25) is 14.4 Å². The summed E-state index contributed by atoms with van der Waals surface area (Å²) in [4.78, 5) is 50.8. The van der Waals surface area contributed by atoms with Crippen molar-refractivity contribution in [3.63, 3.8) is 0 Å². The summed E-state index contributed by atoms with van der Waals surface area (Å²) in [6.07, 6.45) is 3.52. The van der Waals surface area contributed by atoms with Crippen LogP contribution in [0.15, 0.2) is 24.3 Å². The molecule has 1 aromatic rings. The predicted molar refractivity (Wildman–Crippen MR) is 96.9 cm³/mol. The molecule has 1 aromatic carbocycles. The molecular weight excluding hydrogens is 350 g/mol. The summed E-state index contributed by atoms with van der Waals surface area (Å²) in [7, 11) is 0. The zero-order chi connectivity index (χ0) is 19.4. The molecule has 8 nitrogen and oxygen atoms in total. The van der Waals surface area contributed by atoms with E-state index >= 15 is 0 Å². The molecule has 0 unspecified atom stereocenters. The van der Waals surface area contributed by atoms with Gasteiger partial charge in [0.05, 0.1) is 5.56 Å². The van der Waals surface area contributed by atoms with E-state index in [2.05, 4.69) is 0 Å². The standard InChI is InChI=1S/C19H23N3O5/c20-18(25)15-4-1-2-10-22(15)17(24)12-27-19(26)13-6-8-14(9-7-13)21-11-3-5-16(21)23/h6-9,15H,1-5,10-12H2,(H2,20,25)/t15-/m1/s1. The Kier molecular flexibility index (Phi) is 5.73. The van der Waals surface area contributed by atoms with Crippen molar-refractivity contribution in [1.82, 2.24) is 4.90 Å². The fraction of sp³-hybridized carbons (Fsp3) is 0.474. The number of esters is 1. The summed E-state index contributed by atoms with van der Waals surface area (Å²) >= 11 is 0. The molecule has 0 aromatic heterocycles. The Morgan fingerprint density at radius 1 is 1.07 bits per heavy atom. The van der Waals surface area contributed by atoms with Gasteiger partial charge >= 0.3 is 5.97 Å². The van der Waals surface area contributed by atoms with Crippen molar-refractivity contribution in [2.75, 3.05) is 24.6 Å². The zero-order valence-electron chi connectivity index (χ0n) is 15.1. The van der Waals surface area contributed by atoms with Gasteiger partial charge < -0.3 is 20.3 Å². The smallest absolute Gasteiger partial charge is 0.338 e. The topological polar surface area (TPSA) is 110 Å². The zero-order valence-corrected chi connectivity index (χ0v) is 15.1. The molecule has 144 valence electrons. The molecule has 2 fully saturated rings. The van der Waals surface area contributed by atoms with Gasteiger partial charge in [0, 0.05) is 25.2 Å². The summed E-state index contributed by atoms with van der Waals surface area (Å²) < 4.78 is 5.09. The van der Waals surface area contributed by atoms with Gasteiger partial charge in [0.15, 0.2) is 6.61 Å². The van der Waals surface area contributed by atoms with Gasteiger partial charge in [0.25, 0.3) is 5.91 Å². The third-order valence-electron chi connectivity index (χ3n) is 4.97. The fourth-order valence-electron chi connectivity index (χ4n) is 3.52. The van der Waals surface area contributed by atoms with Crippen LogP contribution in [-0.4, -0.2) is 54.3 Å². The Morgan fingerprint density at radius 3 is 2.44 bits per heavy atom. The summed E-state index contributed by atoms with van der Waals surface area (Å²) in [6, 6.07) is 5.88. The van der Waals surface area contributed by atoms with Gasteiger partial charge in [0.1, 0.15) is 6.04 Å². The number of anilines is 1. The second kappa shape index (κ2) is 8.20. The third-order valence-corrected chi connectivity index (χ3v) is 4.97. The molecule has 0 aliphatic carbocycles. The number of primary amides is 1. The van der Waals surface area contributed by atoms with Crippen molar-refractivity contribution in [2.24, 2.45) is 5.73 Å².